The van der Waals surface area contributed by atoms with Crippen molar-refractivity contribution in [3.05, 3.63) is 94.2 Å². The monoisotopic (exact) mass is 474 g/mol. The van der Waals surface area contributed by atoms with E-state index < -0.39 is 4.92 Å². The van der Waals surface area contributed by atoms with Crippen molar-refractivity contribution in [2.45, 2.75) is 13.1 Å². The van der Waals surface area contributed by atoms with Crippen LogP contribution in [-0.4, -0.2) is 36.0 Å². The molecule has 0 atom stereocenters. The number of ether oxygens (including phenoxy) is 3. The zero-order valence-electron chi connectivity index (χ0n) is 19.7. The minimum atomic E-state index is -0.410. The molecular weight excluding hydrogens is 448 g/mol. The molecule has 1 N–H and O–H groups in total. The third-order valence-corrected chi connectivity index (χ3v) is 5.53. The van der Waals surface area contributed by atoms with Gasteiger partial charge in [-0.3, -0.25) is 10.1 Å². The van der Waals surface area contributed by atoms with Crippen molar-refractivity contribution in [3.8, 4) is 34.2 Å². The molecule has 0 spiro atoms. The second-order valence-corrected chi connectivity index (χ2v) is 7.72. The number of benzene rings is 3. The minimum Gasteiger partial charge on any atom is -0.493 e. The van der Waals surface area contributed by atoms with Gasteiger partial charge in [-0.05, 0) is 42.0 Å². The standard InChI is InChI=1S/C26H26N4O5/c1-33-23-13-18(14-24(34-2)26(23)35-3)15-27-16-20-17-29(21-7-5-4-6-8-21)28-25(20)19-9-11-22(12-10-19)30(31)32/h4-14,17,27H,15-16H2,1-3H3. The topological polar surface area (TPSA) is 101 Å². The van der Waals surface area contributed by atoms with E-state index in [9.17, 15) is 10.1 Å². The van der Waals surface area contributed by atoms with Crippen LogP contribution >= 0.6 is 0 Å². The van der Waals surface area contributed by atoms with Crippen LogP contribution in [0, 0.1) is 10.1 Å². The first-order valence-corrected chi connectivity index (χ1v) is 10.9. The van der Waals surface area contributed by atoms with Crippen molar-refractivity contribution < 1.29 is 19.1 Å². The highest BCUT2D eigenvalue weighted by Crippen LogP contribution is 2.38. The molecule has 0 aliphatic heterocycles. The molecule has 3 aromatic carbocycles. The van der Waals surface area contributed by atoms with Crippen molar-refractivity contribution in [3.63, 3.8) is 0 Å². The summed E-state index contributed by atoms with van der Waals surface area (Å²) in [5.74, 6) is 1.72. The fourth-order valence-electron chi connectivity index (χ4n) is 3.82. The molecule has 0 aliphatic carbocycles. The van der Waals surface area contributed by atoms with Gasteiger partial charge in [-0.1, -0.05) is 18.2 Å². The van der Waals surface area contributed by atoms with Crippen LogP contribution in [-0.2, 0) is 13.1 Å². The molecule has 0 saturated carbocycles. The van der Waals surface area contributed by atoms with Crippen molar-refractivity contribution in [1.29, 1.82) is 0 Å². The van der Waals surface area contributed by atoms with Gasteiger partial charge in [0, 0.05) is 42.5 Å². The van der Waals surface area contributed by atoms with Crippen molar-refractivity contribution >= 4 is 5.69 Å². The summed E-state index contributed by atoms with van der Waals surface area (Å²) < 4.78 is 18.1. The van der Waals surface area contributed by atoms with Gasteiger partial charge in [0.2, 0.25) is 5.75 Å². The Balaban J connectivity index is 1.60. The molecule has 9 nitrogen and oxygen atoms in total. The lowest BCUT2D eigenvalue weighted by atomic mass is 10.1. The normalized spacial score (nSPS) is 10.7. The van der Waals surface area contributed by atoms with E-state index in [4.69, 9.17) is 19.3 Å². The van der Waals surface area contributed by atoms with Crippen molar-refractivity contribution in [2.24, 2.45) is 0 Å². The molecule has 1 aromatic heterocycles. The van der Waals surface area contributed by atoms with E-state index in [1.165, 1.54) is 12.1 Å². The summed E-state index contributed by atoms with van der Waals surface area (Å²) in [7, 11) is 4.74. The maximum Gasteiger partial charge on any atom is 0.269 e. The van der Waals surface area contributed by atoms with E-state index in [-0.39, 0.29) is 5.69 Å². The van der Waals surface area contributed by atoms with Gasteiger partial charge in [0.1, 0.15) is 0 Å². The average molecular weight is 475 g/mol. The van der Waals surface area contributed by atoms with Gasteiger partial charge in [0.25, 0.3) is 5.69 Å². The van der Waals surface area contributed by atoms with Crippen molar-refractivity contribution in [2.75, 3.05) is 21.3 Å². The predicted octanol–water partition coefficient (Wildman–Crippen LogP) is 4.76. The van der Waals surface area contributed by atoms with Gasteiger partial charge < -0.3 is 19.5 Å². The summed E-state index contributed by atoms with van der Waals surface area (Å²) >= 11 is 0. The lowest BCUT2D eigenvalue weighted by Crippen LogP contribution is -2.13. The number of nitrogens with zero attached hydrogens (tertiary/aromatic N) is 3. The first-order valence-electron chi connectivity index (χ1n) is 10.9. The number of non-ortho nitro benzene ring substituents is 1. The van der Waals surface area contributed by atoms with E-state index in [1.807, 2.05) is 53.3 Å². The Labute approximate surface area is 203 Å². The maximum atomic E-state index is 11.1. The van der Waals surface area contributed by atoms with Gasteiger partial charge in [0.05, 0.1) is 37.6 Å². The molecule has 0 bridgehead atoms. The Morgan fingerprint density at radius 2 is 1.57 bits per heavy atom. The first kappa shape index (κ1) is 23.8. The lowest BCUT2D eigenvalue weighted by molar-refractivity contribution is -0.384. The highest BCUT2D eigenvalue weighted by Gasteiger charge is 2.16. The quantitative estimate of drug-likeness (QED) is 0.261. The lowest BCUT2D eigenvalue weighted by Gasteiger charge is -2.14. The Bertz CT molecular complexity index is 1280. The van der Waals surface area contributed by atoms with E-state index in [0.29, 0.717) is 30.3 Å². The second kappa shape index (κ2) is 10.7. The number of methoxy groups -OCH3 is 3. The minimum absolute atomic E-state index is 0.0401. The Morgan fingerprint density at radius 3 is 2.14 bits per heavy atom. The summed E-state index contributed by atoms with van der Waals surface area (Å²) in [6.45, 7) is 1.07. The largest absolute Gasteiger partial charge is 0.493 e. The molecule has 9 heteroatoms. The molecule has 0 unspecified atom stereocenters. The number of para-hydroxylation sites is 1. The summed E-state index contributed by atoms with van der Waals surface area (Å²) in [6.07, 6.45) is 1.97. The van der Waals surface area contributed by atoms with Crippen LogP contribution in [0.15, 0.2) is 72.9 Å². The summed E-state index contributed by atoms with van der Waals surface area (Å²) in [6, 6.07) is 20.0. The highest BCUT2D eigenvalue weighted by molar-refractivity contribution is 5.64. The average Bonchev–Trinajstić information content (AvgIpc) is 3.32. The number of hydrogen-bond donors (Lipinski definition) is 1. The molecule has 35 heavy (non-hydrogen) atoms. The van der Waals surface area contributed by atoms with Crippen LogP contribution in [0.2, 0.25) is 0 Å². The molecule has 0 amide bonds. The summed E-state index contributed by atoms with van der Waals surface area (Å²) in [4.78, 5) is 10.7. The zero-order chi connectivity index (χ0) is 24.8. The van der Waals surface area contributed by atoms with Crippen LogP contribution in [0.5, 0.6) is 17.2 Å². The first-order chi connectivity index (χ1) is 17.0. The smallest absolute Gasteiger partial charge is 0.269 e. The van der Waals surface area contributed by atoms with E-state index in [0.717, 1.165) is 28.1 Å². The molecule has 1 heterocycles. The zero-order valence-corrected chi connectivity index (χ0v) is 19.7. The molecular formula is C26H26N4O5. The van der Waals surface area contributed by atoms with Crippen LogP contribution in [0.4, 0.5) is 5.69 Å². The fraction of sp³-hybridized carbons (Fsp3) is 0.192. The third kappa shape index (κ3) is 5.25. The molecule has 4 aromatic rings. The Morgan fingerprint density at radius 1 is 0.914 bits per heavy atom. The van der Waals surface area contributed by atoms with Gasteiger partial charge in [-0.2, -0.15) is 5.10 Å². The van der Waals surface area contributed by atoms with Gasteiger partial charge in [-0.25, -0.2) is 4.68 Å². The van der Waals surface area contributed by atoms with E-state index in [2.05, 4.69) is 5.32 Å². The maximum absolute atomic E-state index is 11.1. The number of nitrogens with one attached hydrogen (secondary N) is 1. The third-order valence-electron chi connectivity index (χ3n) is 5.53. The molecule has 4 rings (SSSR count). The van der Waals surface area contributed by atoms with Gasteiger partial charge in [0.15, 0.2) is 11.5 Å². The van der Waals surface area contributed by atoms with E-state index in [1.54, 1.807) is 33.5 Å². The number of nitro benzene ring substituents is 1. The van der Waals surface area contributed by atoms with E-state index >= 15 is 0 Å². The molecule has 0 saturated heterocycles. The van der Waals surface area contributed by atoms with Crippen LogP contribution in [0.3, 0.4) is 0 Å². The summed E-state index contributed by atoms with van der Waals surface area (Å²) in [5.41, 5.74) is 4.43. The SMILES string of the molecule is COc1cc(CNCc2cn(-c3ccccc3)nc2-c2ccc([N+](=O)[O-])cc2)cc(OC)c1OC. The predicted molar refractivity (Wildman–Crippen MR) is 132 cm³/mol. The number of hydrogen-bond acceptors (Lipinski definition) is 7. The summed E-state index contributed by atoms with van der Waals surface area (Å²) in [5, 5.41) is 19.3. The molecule has 0 radical (unpaired) electrons. The van der Waals surface area contributed by atoms with Crippen LogP contribution in [0.1, 0.15) is 11.1 Å². The Kier molecular flexibility index (Phi) is 7.27. The molecule has 0 aliphatic rings. The van der Waals surface area contributed by atoms with Gasteiger partial charge >= 0.3 is 0 Å². The second-order valence-electron chi connectivity index (χ2n) is 7.72. The Hall–Kier alpha value is -4.37. The highest BCUT2D eigenvalue weighted by atomic mass is 16.6. The van der Waals surface area contributed by atoms with Crippen molar-refractivity contribution in [1.82, 2.24) is 15.1 Å². The van der Waals surface area contributed by atoms with Gasteiger partial charge in [-0.15, -0.1) is 0 Å². The number of nitro groups is 1. The van der Waals surface area contributed by atoms with Crippen LogP contribution < -0.4 is 19.5 Å². The number of rotatable bonds is 10. The fourth-order valence-corrected chi connectivity index (χ4v) is 3.82. The number of aromatic nitrogens is 2. The molecule has 0 fully saturated rings. The molecule has 180 valence electrons. The van der Waals surface area contributed by atoms with Crippen LogP contribution in [0.25, 0.3) is 16.9 Å².